The highest BCUT2D eigenvalue weighted by atomic mass is 32.1. The first-order valence-corrected chi connectivity index (χ1v) is 5.21. The molecule has 4 nitrogen and oxygen atoms in total. The van der Waals surface area contributed by atoms with Crippen LogP contribution in [0.5, 0.6) is 0 Å². The number of halogens is 7. The third kappa shape index (κ3) is 6.23. The zero-order valence-corrected chi connectivity index (χ0v) is 10.7. The summed E-state index contributed by atoms with van der Waals surface area (Å²) in [6, 6.07) is 0. The van der Waals surface area contributed by atoms with Crippen LogP contribution in [0.2, 0.25) is 0 Å². The predicted molar refractivity (Wildman–Crippen MR) is 56.0 cm³/mol. The second-order valence-corrected chi connectivity index (χ2v) is 4.08. The van der Waals surface area contributed by atoms with Gasteiger partial charge in [-0.25, -0.2) is 9.59 Å². The summed E-state index contributed by atoms with van der Waals surface area (Å²) in [6.45, 7) is 0.683. The van der Waals surface area contributed by atoms with E-state index in [-0.39, 0.29) is 6.08 Å². The van der Waals surface area contributed by atoms with Crippen molar-refractivity contribution >= 4 is 24.6 Å². The van der Waals surface area contributed by atoms with Crippen LogP contribution in [0.1, 0.15) is 0 Å². The van der Waals surface area contributed by atoms with Crippen LogP contribution in [0, 0.1) is 0 Å². The Balaban J connectivity index is 5.21. The van der Waals surface area contributed by atoms with Gasteiger partial charge in [-0.3, -0.25) is 0 Å². The minimum absolute atomic E-state index is 0.141. The van der Waals surface area contributed by atoms with Crippen LogP contribution in [0.15, 0.2) is 12.7 Å². The molecule has 0 heterocycles. The molecule has 0 aliphatic rings. The van der Waals surface area contributed by atoms with Gasteiger partial charge in [0, 0.05) is 6.08 Å². The highest BCUT2D eigenvalue weighted by molar-refractivity contribution is 7.81. The van der Waals surface area contributed by atoms with Crippen LogP contribution >= 0.6 is 12.6 Å². The fraction of sp³-hybridized carbons (Fsp3) is 0.556. The molecule has 0 saturated heterocycles. The summed E-state index contributed by atoms with van der Waals surface area (Å²) in [7, 11) is 0. The first-order valence-electron chi connectivity index (χ1n) is 4.77. The van der Waals surface area contributed by atoms with Crippen molar-refractivity contribution in [2.24, 2.45) is 0 Å². The van der Waals surface area contributed by atoms with E-state index in [1.807, 2.05) is 0 Å². The van der Waals surface area contributed by atoms with Crippen molar-refractivity contribution in [3.63, 3.8) is 0 Å². The monoisotopic (exact) mass is 344 g/mol. The van der Waals surface area contributed by atoms with E-state index < -0.39 is 42.0 Å². The highest BCUT2D eigenvalue weighted by Crippen LogP contribution is 2.36. The van der Waals surface area contributed by atoms with Crippen molar-refractivity contribution in [1.29, 1.82) is 0 Å². The summed E-state index contributed by atoms with van der Waals surface area (Å²) >= 11 is 2.53. The number of carbonyl (C=O) groups is 2. The number of alkyl halides is 7. The number of carbonyl (C=O) groups excluding carboxylic acids is 2. The summed E-state index contributed by atoms with van der Waals surface area (Å²) in [5.74, 6) is -10.3. The molecule has 122 valence electrons. The Hall–Kier alpha value is -1.46. The smallest absolute Gasteiger partial charge is 0.432 e. The van der Waals surface area contributed by atoms with Gasteiger partial charge in [-0.2, -0.15) is 30.7 Å². The highest BCUT2D eigenvalue weighted by Gasteiger charge is 2.64. The zero-order valence-electron chi connectivity index (χ0n) is 9.79. The molecule has 0 saturated carbocycles. The quantitative estimate of drug-likeness (QED) is 0.348. The minimum Gasteiger partial charge on any atom is -0.454 e. The topological polar surface area (TPSA) is 52.6 Å². The molecule has 0 aromatic carbocycles. The van der Waals surface area contributed by atoms with Gasteiger partial charge in [0.2, 0.25) is 0 Å². The average Bonchev–Trinajstić information content (AvgIpc) is 2.29. The Kier molecular flexibility index (Phi) is 6.08. The van der Waals surface area contributed by atoms with Crippen LogP contribution in [-0.2, 0) is 19.1 Å². The molecule has 0 rings (SSSR count). The van der Waals surface area contributed by atoms with Gasteiger partial charge in [0.15, 0.2) is 6.61 Å². The molecule has 0 aromatic heterocycles. The summed E-state index contributed by atoms with van der Waals surface area (Å²) in [5, 5.41) is -4.03. The standard InChI is InChI=1S/C9H7F7O4S/c1-2-4(17)20-5(9(14,15)16)8(12,13)6(18)19-3-7(10,11)21/h2,5,21H,1,3H2. The van der Waals surface area contributed by atoms with Crippen molar-refractivity contribution in [2.75, 3.05) is 6.61 Å². The number of hydrogen-bond donors (Lipinski definition) is 1. The summed E-state index contributed by atoms with van der Waals surface area (Å²) in [6.07, 6.45) is -9.93. The maximum Gasteiger partial charge on any atom is 0.432 e. The number of ether oxygens (including phenoxy) is 2. The van der Waals surface area contributed by atoms with Gasteiger partial charge in [-0.1, -0.05) is 6.58 Å². The van der Waals surface area contributed by atoms with E-state index in [0.29, 0.717) is 0 Å². The van der Waals surface area contributed by atoms with Crippen LogP contribution in [0.3, 0.4) is 0 Å². The molecular weight excluding hydrogens is 337 g/mol. The van der Waals surface area contributed by atoms with Crippen LogP contribution in [0.4, 0.5) is 30.7 Å². The Labute approximate surface area is 118 Å². The van der Waals surface area contributed by atoms with Crippen molar-refractivity contribution < 1.29 is 49.8 Å². The van der Waals surface area contributed by atoms with Crippen molar-refractivity contribution in [3.05, 3.63) is 12.7 Å². The SMILES string of the molecule is C=CC(=O)OC(C(F)(F)F)C(F)(F)C(=O)OCC(F)(F)S. The normalized spacial score (nSPS) is 14.3. The lowest BCUT2D eigenvalue weighted by Gasteiger charge is -2.26. The van der Waals surface area contributed by atoms with Gasteiger partial charge in [0.1, 0.15) is 0 Å². The molecule has 1 unspecified atom stereocenters. The van der Waals surface area contributed by atoms with Crippen molar-refractivity contribution in [1.82, 2.24) is 0 Å². The zero-order chi connectivity index (χ0) is 17.1. The minimum atomic E-state index is -5.86. The van der Waals surface area contributed by atoms with Crippen LogP contribution < -0.4 is 0 Å². The summed E-state index contributed by atoms with van der Waals surface area (Å²) < 4.78 is 94.8. The second kappa shape index (κ2) is 6.54. The maximum absolute atomic E-state index is 13.3. The van der Waals surface area contributed by atoms with E-state index in [0.717, 1.165) is 0 Å². The van der Waals surface area contributed by atoms with Gasteiger partial charge < -0.3 is 9.47 Å². The number of esters is 2. The lowest BCUT2D eigenvalue weighted by atomic mass is 10.2. The first kappa shape index (κ1) is 19.5. The molecule has 0 aliphatic heterocycles. The largest absolute Gasteiger partial charge is 0.454 e. The number of hydrogen-bond acceptors (Lipinski definition) is 5. The molecular formula is C9H7F7O4S. The van der Waals surface area contributed by atoms with Crippen LogP contribution in [0.25, 0.3) is 0 Å². The molecule has 0 bridgehead atoms. The van der Waals surface area contributed by atoms with E-state index in [1.54, 1.807) is 0 Å². The lowest BCUT2D eigenvalue weighted by molar-refractivity contribution is -0.276. The molecule has 21 heavy (non-hydrogen) atoms. The summed E-state index contributed by atoms with van der Waals surface area (Å²) in [5.41, 5.74) is 0. The van der Waals surface area contributed by atoms with Gasteiger partial charge in [0.05, 0.1) is 0 Å². The van der Waals surface area contributed by atoms with Gasteiger partial charge >= 0.3 is 29.3 Å². The Morgan fingerprint density at radius 1 is 1.14 bits per heavy atom. The molecule has 0 aromatic rings. The lowest BCUT2D eigenvalue weighted by Crippen LogP contribution is -2.53. The molecule has 0 amide bonds. The first-order chi connectivity index (χ1) is 9.21. The molecule has 0 N–H and O–H groups in total. The molecule has 0 aliphatic carbocycles. The van der Waals surface area contributed by atoms with E-state index >= 15 is 0 Å². The van der Waals surface area contributed by atoms with E-state index in [2.05, 4.69) is 28.7 Å². The third-order valence-corrected chi connectivity index (χ3v) is 1.81. The number of thiol groups is 1. The second-order valence-electron chi connectivity index (χ2n) is 3.43. The van der Waals surface area contributed by atoms with E-state index in [4.69, 9.17) is 0 Å². The van der Waals surface area contributed by atoms with Crippen LogP contribution in [-0.4, -0.2) is 42.0 Å². The molecule has 0 fully saturated rings. The van der Waals surface area contributed by atoms with Gasteiger partial charge in [-0.15, -0.1) is 12.6 Å². The molecule has 0 radical (unpaired) electrons. The fourth-order valence-corrected chi connectivity index (χ4v) is 0.931. The Morgan fingerprint density at radius 2 is 1.62 bits per heavy atom. The average molecular weight is 344 g/mol. The molecule has 0 spiro atoms. The van der Waals surface area contributed by atoms with Gasteiger partial charge in [-0.05, 0) is 0 Å². The Morgan fingerprint density at radius 3 is 1.95 bits per heavy atom. The third-order valence-electron chi connectivity index (χ3n) is 1.68. The molecule has 12 heteroatoms. The number of rotatable bonds is 6. The molecule has 1 atom stereocenters. The summed E-state index contributed by atoms with van der Waals surface area (Å²) in [4.78, 5) is 21.4. The van der Waals surface area contributed by atoms with Crippen molar-refractivity contribution in [2.45, 2.75) is 23.5 Å². The van der Waals surface area contributed by atoms with Gasteiger partial charge in [0.25, 0.3) is 6.10 Å². The van der Waals surface area contributed by atoms with E-state index in [1.165, 1.54) is 0 Å². The van der Waals surface area contributed by atoms with Crippen molar-refractivity contribution in [3.8, 4) is 0 Å². The Bertz CT molecular complexity index is 415. The maximum atomic E-state index is 13.3. The van der Waals surface area contributed by atoms with E-state index in [9.17, 15) is 40.3 Å². The predicted octanol–water partition coefficient (Wildman–Crippen LogP) is 2.35. The fourth-order valence-electron chi connectivity index (χ4n) is 0.866.